The van der Waals surface area contributed by atoms with Crippen molar-refractivity contribution >= 4 is 22.6 Å². The summed E-state index contributed by atoms with van der Waals surface area (Å²) in [5.41, 5.74) is 2.56. The second-order valence-corrected chi connectivity index (χ2v) is 4.66. The third-order valence-electron chi connectivity index (χ3n) is 3.59. The van der Waals surface area contributed by atoms with Crippen LogP contribution in [-0.4, -0.2) is 22.9 Å². The number of carboxylic acid groups (broad SMARTS) is 1. The zero-order chi connectivity index (χ0) is 13.4. The lowest BCUT2D eigenvalue weighted by Crippen LogP contribution is -2.10. The van der Waals surface area contributed by atoms with Crippen molar-refractivity contribution in [1.82, 2.24) is 4.57 Å². The van der Waals surface area contributed by atoms with Crippen LogP contribution in [0.3, 0.4) is 0 Å². The average Bonchev–Trinajstić information content (AvgIpc) is 3.04. The number of nitrogens with zero attached hydrogens (tertiary/aromatic N) is 1. The van der Waals surface area contributed by atoms with Gasteiger partial charge in [0.05, 0.1) is 18.3 Å². The van der Waals surface area contributed by atoms with Gasteiger partial charge in [-0.3, -0.25) is 0 Å². The molecule has 4 nitrogen and oxygen atoms in total. The largest absolute Gasteiger partial charge is 0.496 e. The van der Waals surface area contributed by atoms with E-state index in [0.717, 1.165) is 35.9 Å². The Balaban J connectivity index is 2.32. The van der Waals surface area contributed by atoms with E-state index in [4.69, 9.17) is 4.74 Å². The van der Waals surface area contributed by atoms with Crippen molar-refractivity contribution in [3.05, 3.63) is 36.0 Å². The van der Waals surface area contributed by atoms with Crippen molar-refractivity contribution in [2.45, 2.75) is 19.3 Å². The fourth-order valence-electron chi connectivity index (χ4n) is 2.73. The van der Waals surface area contributed by atoms with Crippen LogP contribution < -0.4 is 4.74 Å². The first-order chi connectivity index (χ1) is 9.22. The molecule has 3 rings (SSSR count). The van der Waals surface area contributed by atoms with Crippen LogP contribution in [0.1, 0.15) is 25.0 Å². The molecule has 1 aliphatic rings. The summed E-state index contributed by atoms with van der Waals surface area (Å²) in [5.74, 6) is 0.706. The number of rotatable bonds is 2. The highest BCUT2D eigenvalue weighted by atomic mass is 16.5. The van der Waals surface area contributed by atoms with E-state index in [1.807, 2.05) is 24.3 Å². The molecule has 1 N–H and O–H groups in total. The summed E-state index contributed by atoms with van der Waals surface area (Å²) in [6.07, 6.45) is 4.22. The lowest BCUT2D eigenvalue weighted by molar-refractivity contribution is 0.197. The molecule has 1 aliphatic carbocycles. The van der Waals surface area contributed by atoms with Crippen LogP contribution in [0.2, 0.25) is 0 Å². The van der Waals surface area contributed by atoms with E-state index in [0.29, 0.717) is 11.3 Å². The second kappa shape index (κ2) is 4.46. The topological polar surface area (TPSA) is 51.5 Å². The number of carbonyl (C=O) groups is 1. The Labute approximate surface area is 110 Å². The predicted octanol–water partition coefficient (Wildman–Crippen LogP) is 3.74. The molecule has 0 bridgehead atoms. The molecular weight excluding hydrogens is 242 g/mol. The minimum atomic E-state index is -0.953. The summed E-state index contributed by atoms with van der Waals surface area (Å²) in [6, 6.07) is 7.39. The third kappa shape index (κ3) is 1.80. The van der Waals surface area contributed by atoms with Gasteiger partial charge in [-0.2, -0.15) is 0 Å². The molecule has 0 amide bonds. The van der Waals surface area contributed by atoms with Gasteiger partial charge in [-0.25, -0.2) is 9.36 Å². The van der Waals surface area contributed by atoms with E-state index < -0.39 is 6.09 Å². The van der Waals surface area contributed by atoms with E-state index >= 15 is 0 Å². The van der Waals surface area contributed by atoms with Crippen molar-refractivity contribution in [3.63, 3.8) is 0 Å². The van der Waals surface area contributed by atoms with Crippen LogP contribution in [0.25, 0.3) is 16.5 Å². The Morgan fingerprint density at radius 3 is 2.89 bits per heavy atom. The molecule has 0 saturated carbocycles. The van der Waals surface area contributed by atoms with Crippen LogP contribution in [-0.2, 0) is 0 Å². The van der Waals surface area contributed by atoms with Crippen LogP contribution in [0.15, 0.2) is 30.3 Å². The highest BCUT2D eigenvalue weighted by Gasteiger charge is 2.20. The van der Waals surface area contributed by atoms with Crippen molar-refractivity contribution < 1.29 is 14.6 Å². The van der Waals surface area contributed by atoms with Crippen LogP contribution >= 0.6 is 0 Å². The van der Waals surface area contributed by atoms with Gasteiger partial charge in [0, 0.05) is 5.39 Å². The number of aromatic nitrogens is 1. The van der Waals surface area contributed by atoms with Gasteiger partial charge in [-0.05, 0) is 43.0 Å². The number of allylic oxidation sites excluding steroid dienone is 2. The quantitative estimate of drug-likeness (QED) is 0.891. The first-order valence-corrected chi connectivity index (χ1v) is 6.33. The molecule has 1 aromatic carbocycles. The Bertz CT molecular complexity index is 682. The zero-order valence-corrected chi connectivity index (χ0v) is 10.7. The van der Waals surface area contributed by atoms with Gasteiger partial charge in [0.1, 0.15) is 5.75 Å². The molecule has 98 valence electrons. The van der Waals surface area contributed by atoms with Crippen molar-refractivity contribution in [2.75, 3.05) is 7.11 Å². The molecule has 0 aliphatic heterocycles. The molecule has 0 fully saturated rings. The third-order valence-corrected chi connectivity index (χ3v) is 3.59. The maximum atomic E-state index is 11.5. The molecule has 0 atom stereocenters. The lowest BCUT2D eigenvalue weighted by Gasteiger charge is -2.06. The van der Waals surface area contributed by atoms with Crippen molar-refractivity contribution in [1.29, 1.82) is 0 Å². The first-order valence-electron chi connectivity index (χ1n) is 6.33. The fraction of sp³-hybridized carbons (Fsp3) is 0.267. The summed E-state index contributed by atoms with van der Waals surface area (Å²) in [5, 5.41) is 10.3. The smallest absolute Gasteiger partial charge is 0.416 e. The molecule has 1 aromatic heterocycles. The van der Waals surface area contributed by atoms with E-state index in [1.54, 1.807) is 7.11 Å². The summed E-state index contributed by atoms with van der Waals surface area (Å²) in [6.45, 7) is 0. The number of ether oxygens (including phenoxy) is 1. The van der Waals surface area contributed by atoms with Gasteiger partial charge < -0.3 is 9.84 Å². The Hall–Kier alpha value is -2.23. The van der Waals surface area contributed by atoms with Crippen LogP contribution in [0.5, 0.6) is 5.75 Å². The number of methoxy groups -OCH3 is 1. The highest BCUT2D eigenvalue weighted by Crippen LogP contribution is 2.35. The minimum Gasteiger partial charge on any atom is -0.496 e. The van der Waals surface area contributed by atoms with Crippen LogP contribution in [0.4, 0.5) is 4.79 Å². The van der Waals surface area contributed by atoms with Gasteiger partial charge in [0.25, 0.3) is 0 Å². The second-order valence-electron chi connectivity index (χ2n) is 4.66. The van der Waals surface area contributed by atoms with Gasteiger partial charge in [0.15, 0.2) is 0 Å². The molecule has 4 heteroatoms. The molecule has 1 heterocycles. The zero-order valence-electron chi connectivity index (χ0n) is 10.7. The van der Waals surface area contributed by atoms with E-state index in [-0.39, 0.29) is 0 Å². The van der Waals surface area contributed by atoms with Gasteiger partial charge in [-0.15, -0.1) is 0 Å². The lowest BCUT2D eigenvalue weighted by atomic mass is 10.1. The molecular formula is C15H15NO3. The van der Waals surface area contributed by atoms with Crippen molar-refractivity contribution in [2.24, 2.45) is 0 Å². The fourth-order valence-corrected chi connectivity index (χ4v) is 2.73. The Kier molecular flexibility index (Phi) is 2.78. The summed E-state index contributed by atoms with van der Waals surface area (Å²) in [4.78, 5) is 11.5. The minimum absolute atomic E-state index is 0.676. The van der Waals surface area contributed by atoms with Gasteiger partial charge in [-0.1, -0.05) is 12.1 Å². The SMILES string of the molecule is COc1cccc2c1cc(C1=CCCC1)n2C(=O)O. The molecule has 19 heavy (non-hydrogen) atoms. The molecule has 0 unspecified atom stereocenters. The number of hydrogen-bond acceptors (Lipinski definition) is 2. The monoisotopic (exact) mass is 257 g/mol. The summed E-state index contributed by atoms with van der Waals surface area (Å²) < 4.78 is 6.67. The Morgan fingerprint density at radius 2 is 2.26 bits per heavy atom. The van der Waals surface area contributed by atoms with Crippen molar-refractivity contribution in [3.8, 4) is 5.75 Å². The number of fused-ring (bicyclic) bond motifs is 1. The standard InChI is InChI=1S/C15H15NO3/c1-19-14-8-4-7-12-11(14)9-13(16(12)15(17)18)10-5-2-3-6-10/h4-5,7-9H,2-3,6H2,1H3,(H,17,18). The van der Waals surface area contributed by atoms with E-state index in [1.165, 1.54) is 4.57 Å². The van der Waals surface area contributed by atoms with E-state index in [9.17, 15) is 9.90 Å². The highest BCUT2D eigenvalue weighted by molar-refractivity contribution is 5.97. The normalized spacial score (nSPS) is 14.7. The van der Waals surface area contributed by atoms with Gasteiger partial charge in [0.2, 0.25) is 0 Å². The predicted molar refractivity (Wildman–Crippen MR) is 73.7 cm³/mol. The average molecular weight is 257 g/mol. The maximum absolute atomic E-state index is 11.5. The van der Waals surface area contributed by atoms with Crippen LogP contribution in [0, 0.1) is 0 Å². The molecule has 2 aromatic rings. The van der Waals surface area contributed by atoms with E-state index in [2.05, 4.69) is 6.08 Å². The summed E-state index contributed by atoms with van der Waals surface area (Å²) >= 11 is 0. The molecule has 0 radical (unpaired) electrons. The number of benzene rings is 1. The first kappa shape index (κ1) is 11.8. The molecule has 0 saturated heterocycles. The maximum Gasteiger partial charge on any atom is 0.416 e. The Morgan fingerprint density at radius 1 is 1.42 bits per heavy atom. The number of hydrogen-bond donors (Lipinski definition) is 1. The summed E-state index contributed by atoms with van der Waals surface area (Å²) in [7, 11) is 1.60. The molecule has 0 spiro atoms. The van der Waals surface area contributed by atoms with Gasteiger partial charge >= 0.3 is 6.09 Å².